The molecule has 5 nitrogen and oxygen atoms in total. The SMILES string of the molecule is COc1ccc(-c2cc(N)nc(N)c2)c(OC)c1. The van der Waals surface area contributed by atoms with Gasteiger partial charge in [0.05, 0.1) is 14.2 Å². The van der Waals surface area contributed by atoms with Crippen LogP contribution in [-0.4, -0.2) is 19.2 Å². The number of anilines is 2. The number of nitrogen functional groups attached to an aromatic ring is 2. The predicted molar refractivity (Wildman–Crippen MR) is 71.6 cm³/mol. The van der Waals surface area contributed by atoms with E-state index in [1.165, 1.54) is 0 Å². The number of benzene rings is 1. The van der Waals surface area contributed by atoms with Crippen LogP contribution < -0.4 is 20.9 Å². The fourth-order valence-corrected chi connectivity index (χ4v) is 1.77. The van der Waals surface area contributed by atoms with Crippen molar-refractivity contribution in [2.75, 3.05) is 25.7 Å². The van der Waals surface area contributed by atoms with Gasteiger partial charge in [0.25, 0.3) is 0 Å². The monoisotopic (exact) mass is 245 g/mol. The summed E-state index contributed by atoms with van der Waals surface area (Å²) in [5.41, 5.74) is 13.1. The van der Waals surface area contributed by atoms with E-state index >= 15 is 0 Å². The summed E-state index contributed by atoms with van der Waals surface area (Å²) < 4.78 is 10.5. The standard InChI is InChI=1S/C13H15N3O2/c1-17-9-3-4-10(11(7-9)18-2)8-5-12(14)16-13(15)6-8/h3-7H,1-2H3,(H4,14,15,16). The molecule has 0 unspecified atom stereocenters. The van der Waals surface area contributed by atoms with Gasteiger partial charge in [0.2, 0.25) is 0 Å². The molecule has 0 fully saturated rings. The van der Waals surface area contributed by atoms with Gasteiger partial charge in [-0.05, 0) is 29.8 Å². The summed E-state index contributed by atoms with van der Waals surface area (Å²) in [6.45, 7) is 0. The third kappa shape index (κ3) is 2.29. The van der Waals surface area contributed by atoms with E-state index in [1.54, 1.807) is 26.4 Å². The first-order chi connectivity index (χ1) is 8.63. The molecule has 5 heteroatoms. The summed E-state index contributed by atoms with van der Waals surface area (Å²) in [6, 6.07) is 9.06. The van der Waals surface area contributed by atoms with Crippen LogP contribution in [0.4, 0.5) is 11.6 Å². The van der Waals surface area contributed by atoms with Crippen molar-refractivity contribution in [1.29, 1.82) is 0 Å². The van der Waals surface area contributed by atoms with Gasteiger partial charge >= 0.3 is 0 Å². The van der Waals surface area contributed by atoms with Crippen LogP contribution in [0.2, 0.25) is 0 Å². The Hall–Kier alpha value is -2.43. The second-order valence-electron chi connectivity index (χ2n) is 3.77. The first kappa shape index (κ1) is 12.0. The Kier molecular flexibility index (Phi) is 3.23. The third-order valence-corrected chi connectivity index (χ3v) is 2.58. The van der Waals surface area contributed by atoms with E-state index in [0.717, 1.165) is 16.9 Å². The zero-order valence-corrected chi connectivity index (χ0v) is 10.3. The summed E-state index contributed by atoms with van der Waals surface area (Å²) >= 11 is 0. The molecule has 1 aromatic carbocycles. The van der Waals surface area contributed by atoms with Crippen LogP contribution in [-0.2, 0) is 0 Å². The Balaban J connectivity index is 2.55. The third-order valence-electron chi connectivity index (χ3n) is 2.58. The van der Waals surface area contributed by atoms with Gasteiger partial charge in [0.15, 0.2) is 0 Å². The number of hydrogen-bond donors (Lipinski definition) is 2. The van der Waals surface area contributed by atoms with Gasteiger partial charge in [0, 0.05) is 11.6 Å². The normalized spacial score (nSPS) is 10.1. The first-order valence-corrected chi connectivity index (χ1v) is 5.39. The number of methoxy groups -OCH3 is 2. The maximum absolute atomic E-state index is 5.69. The average Bonchev–Trinajstić information content (AvgIpc) is 2.36. The van der Waals surface area contributed by atoms with Crippen molar-refractivity contribution >= 4 is 11.6 Å². The minimum Gasteiger partial charge on any atom is -0.497 e. The number of pyridine rings is 1. The molecule has 0 atom stereocenters. The van der Waals surface area contributed by atoms with Crippen molar-refractivity contribution < 1.29 is 9.47 Å². The number of nitrogens with zero attached hydrogens (tertiary/aromatic N) is 1. The number of aromatic nitrogens is 1. The Morgan fingerprint density at radius 2 is 1.61 bits per heavy atom. The van der Waals surface area contributed by atoms with Crippen molar-refractivity contribution in [2.45, 2.75) is 0 Å². The van der Waals surface area contributed by atoms with Crippen molar-refractivity contribution in [3.05, 3.63) is 30.3 Å². The van der Waals surface area contributed by atoms with Crippen molar-refractivity contribution in [2.24, 2.45) is 0 Å². The molecule has 0 aliphatic rings. The summed E-state index contributed by atoms with van der Waals surface area (Å²) in [5.74, 6) is 2.18. The second kappa shape index (κ2) is 4.83. The largest absolute Gasteiger partial charge is 0.497 e. The smallest absolute Gasteiger partial charge is 0.130 e. The molecule has 0 saturated heterocycles. The van der Waals surface area contributed by atoms with Gasteiger partial charge in [0.1, 0.15) is 23.1 Å². The predicted octanol–water partition coefficient (Wildman–Crippen LogP) is 1.93. The van der Waals surface area contributed by atoms with Gasteiger partial charge in [-0.15, -0.1) is 0 Å². The zero-order chi connectivity index (χ0) is 13.1. The lowest BCUT2D eigenvalue weighted by Crippen LogP contribution is -1.97. The lowest BCUT2D eigenvalue weighted by molar-refractivity contribution is 0.395. The van der Waals surface area contributed by atoms with E-state index < -0.39 is 0 Å². The highest BCUT2D eigenvalue weighted by atomic mass is 16.5. The lowest BCUT2D eigenvalue weighted by Gasteiger charge is -2.11. The van der Waals surface area contributed by atoms with Crippen molar-refractivity contribution in [3.63, 3.8) is 0 Å². The zero-order valence-electron chi connectivity index (χ0n) is 10.3. The van der Waals surface area contributed by atoms with Gasteiger partial charge in [-0.1, -0.05) is 0 Å². The lowest BCUT2D eigenvalue weighted by atomic mass is 10.1. The Labute approximate surface area is 105 Å². The van der Waals surface area contributed by atoms with Crippen LogP contribution >= 0.6 is 0 Å². The number of rotatable bonds is 3. The van der Waals surface area contributed by atoms with Crippen LogP contribution in [0.15, 0.2) is 30.3 Å². The minimum absolute atomic E-state index is 0.378. The van der Waals surface area contributed by atoms with Crippen LogP contribution in [0.5, 0.6) is 11.5 Å². The highest BCUT2D eigenvalue weighted by Gasteiger charge is 2.09. The Morgan fingerprint density at radius 3 is 2.17 bits per heavy atom. The summed E-state index contributed by atoms with van der Waals surface area (Å²) in [4.78, 5) is 3.94. The van der Waals surface area contributed by atoms with Crippen LogP contribution in [0.3, 0.4) is 0 Å². The van der Waals surface area contributed by atoms with Crippen LogP contribution in [0.25, 0.3) is 11.1 Å². The van der Waals surface area contributed by atoms with E-state index in [1.807, 2.05) is 18.2 Å². The number of hydrogen-bond acceptors (Lipinski definition) is 5. The first-order valence-electron chi connectivity index (χ1n) is 5.39. The highest BCUT2D eigenvalue weighted by molar-refractivity contribution is 5.75. The van der Waals surface area contributed by atoms with E-state index in [0.29, 0.717) is 17.4 Å². The molecule has 1 heterocycles. The maximum atomic E-state index is 5.69. The molecule has 1 aromatic heterocycles. The molecule has 4 N–H and O–H groups in total. The van der Waals surface area contributed by atoms with Crippen molar-refractivity contribution in [1.82, 2.24) is 4.98 Å². The van der Waals surface area contributed by atoms with Crippen LogP contribution in [0, 0.1) is 0 Å². The van der Waals surface area contributed by atoms with Gasteiger partial charge in [-0.3, -0.25) is 0 Å². The number of ether oxygens (including phenoxy) is 2. The molecule has 18 heavy (non-hydrogen) atoms. The van der Waals surface area contributed by atoms with E-state index in [4.69, 9.17) is 20.9 Å². The van der Waals surface area contributed by atoms with E-state index in [9.17, 15) is 0 Å². The average molecular weight is 245 g/mol. The fourth-order valence-electron chi connectivity index (χ4n) is 1.77. The molecule has 0 radical (unpaired) electrons. The Morgan fingerprint density at radius 1 is 0.944 bits per heavy atom. The Bertz CT molecular complexity index is 550. The quantitative estimate of drug-likeness (QED) is 0.863. The highest BCUT2D eigenvalue weighted by Crippen LogP contribution is 2.34. The molecular formula is C13H15N3O2. The van der Waals surface area contributed by atoms with E-state index in [2.05, 4.69) is 4.98 Å². The molecule has 0 amide bonds. The van der Waals surface area contributed by atoms with Crippen molar-refractivity contribution in [3.8, 4) is 22.6 Å². The maximum Gasteiger partial charge on any atom is 0.130 e. The molecule has 0 aliphatic carbocycles. The minimum atomic E-state index is 0.378. The number of nitrogens with two attached hydrogens (primary N) is 2. The second-order valence-corrected chi connectivity index (χ2v) is 3.77. The molecule has 94 valence electrons. The van der Waals surface area contributed by atoms with Gasteiger partial charge < -0.3 is 20.9 Å². The van der Waals surface area contributed by atoms with Gasteiger partial charge in [-0.25, -0.2) is 4.98 Å². The fraction of sp³-hybridized carbons (Fsp3) is 0.154. The molecule has 0 spiro atoms. The molecule has 2 aromatic rings. The van der Waals surface area contributed by atoms with Crippen LogP contribution in [0.1, 0.15) is 0 Å². The van der Waals surface area contributed by atoms with Gasteiger partial charge in [-0.2, -0.15) is 0 Å². The van der Waals surface area contributed by atoms with E-state index in [-0.39, 0.29) is 0 Å². The summed E-state index contributed by atoms with van der Waals surface area (Å²) in [7, 11) is 3.21. The molecule has 0 bridgehead atoms. The molecular weight excluding hydrogens is 230 g/mol. The molecule has 2 rings (SSSR count). The summed E-state index contributed by atoms with van der Waals surface area (Å²) in [5, 5.41) is 0. The summed E-state index contributed by atoms with van der Waals surface area (Å²) in [6.07, 6.45) is 0. The molecule has 0 aliphatic heterocycles. The molecule has 0 saturated carbocycles. The topological polar surface area (TPSA) is 83.4 Å².